The summed E-state index contributed by atoms with van der Waals surface area (Å²) in [4.78, 5) is 30.6. The molecule has 0 N–H and O–H groups in total. The molecule has 100 valence electrons. The second-order valence-electron chi connectivity index (χ2n) is 3.81. The maximum atomic E-state index is 11.6. The monoisotopic (exact) mass is 307 g/mol. The molecule has 20 heavy (non-hydrogen) atoms. The van der Waals surface area contributed by atoms with Crippen LogP contribution in [0.3, 0.4) is 0 Å². The molecule has 1 aromatic rings. The number of aromatic nitrogens is 2. The highest BCUT2D eigenvalue weighted by Crippen LogP contribution is 2.18. The number of hydrogen-bond donors (Lipinski definition) is 0. The highest BCUT2D eigenvalue weighted by molar-refractivity contribution is 5.85. The van der Waals surface area contributed by atoms with Crippen LogP contribution in [0.4, 0.5) is 0 Å². The first-order valence-electron chi connectivity index (χ1n) is 5.17. The molecule has 3 rings (SSSR count). The van der Waals surface area contributed by atoms with E-state index in [4.69, 9.17) is 5.26 Å². The van der Waals surface area contributed by atoms with Crippen molar-refractivity contribution in [3.8, 4) is 17.3 Å². The largest absolute Gasteiger partial charge is 0.280 e. The van der Waals surface area contributed by atoms with Gasteiger partial charge in [-0.2, -0.15) is 5.26 Å². The second-order valence-corrected chi connectivity index (χ2v) is 3.81. The van der Waals surface area contributed by atoms with Crippen molar-refractivity contribution in [3.05, 3.63) is 67.2 Å². The van der Waals surface area contributed by atoms with Crippen LogP contribution < -0.4 is 11.1 Å². The molecule has 0 atom stereocenters. The van der Waals surface area contributed by atoms with Gasteiger partial charge in [0, 0.05) is 11.8 Å². The van der Waals surface area contributed by atoms with Crippen molar-refractivity contribution in [2.24, 2.45) is 0 Å². The lowest BCUT2D eigenvalue weighted by Crippen LogP contribution is -2.02. The average molecular weight is 308 g/mol. The Balaban J connectivity index is 0.000001000. The standard InChI is InChI=1S/C13H5N3O2.2ClH/c14-5-7-2-1-3-8(4-7)11-10-9(12(17)16-11)6-15-13(10)18;;/h1-4,6H;2*1H. The highest BCUT2D eigenvalue weighted by Gasteiger charge is 2.13. The Kier molecular flexibility index (Phi) is 4.56. The predicted octanol–water partition coefficient (Wildman–Crippen LogP) is 1.18. The first kappa shape index (κ1) is 15.8. The van der Waals surface area contributed by atoms with Crippen LogP contribution in [0.5, 0.6) is 0 Å². The fourth-order valence-electron chi connectivity index (χ4n) is 1.92. The van der Waals surface area contributed by atoms with E-state index in [2.05, 4.69) is 9.97 Å². The van der Waals surface area contributed by atoms with Crippen LogP contribution >= 0.6 is 24.8 Å². The molecule has 2 heterocycles. The topological polar surface area (TPSA) is 83.7 Å². The van der Waals surface area contributed by atoms with Crippen LogP contribution in [0.2, 0.25) is 0 Å². The summed E-state index contributed by atoms with van der Waals surface area (Å²) >= 11 is 0. The molecule has 2 aliphatic heterocycles. The van der Waals surface area contributed by atoms with Gasteiger partial charge >= 0.3 is 0 Å². The molecule has 2 aliphatic rings. The number of benzene rings is 1. The molecule has 0 unspecified atom stereocenters. The fraction of sp³-hybridized carbons (Fsp3) is 0. The molecule has 0 radical (unpaired) electrons. The first-order valence-corrected chi connectivity index (χ1v) is 5.17. The van der Waals surface area contributed by atoms with Gasteiger partial charge in [0.2, 0.25) is 0 Å². The second kappa shape index (κ2) is 5.78. The molecular formula is C13H7Cl2N3O2. The Labute approximate surface area is 125 Å². The summed E-state index contributed by atoms with van der Waals surface area (Å²) in [5.74, 6) is 0. The molecule has 0 bridgehead atoms. The Morgan fingerprint density at radius 3 is 2.55 bits per heavy atom. The predicted molar refractivity (Wildman–Crippen MR) is 76.9 cm³/mol. The van der Waals surface area contributed by atoms with Crippen LogP contribution in [0, 0.1) is 21.8 Å². The third-order valence-electron chi connectivity index (χ3n) is 2.74. The van der Waals surface area contributed by atoms with Crippen molar-refractivity contribution in [2.45, 2.75) is 0 Å². The minimum atomic E-state index is -0.461. The van der Waals surface area contributed by atoms with Gasteiger partial charge in [0.05, 0.1) is 27.8 Å². The van der Waals surface area contributed by atoms with E-state index in [1.54, 1.807) is 24.3 Å². The molecule has 0 saturated heterocycles. The van der Waals surface area contributed by atoms with Crippen LogP contribution in [0.1, 0.15) is 5.56 Å². The van der Waals surface area contributed by atoms with E-state index in [1.165, 1.54) is 6.20 Å². The molecule has 0 aliphatic carbocycles. The van der Waals surface area contributed by atoms with E-state index in [1.807, 2.05) is 6.07 Å². The van der Waals surface area contributed by atoms with Crippen molar-refractivity contribution in [2.75, 3.05) is 0 Å². The average Bonchev–Trinajstić information content (AvgIpc) is 2.92. The molecule has 0 spiro atoms. The summed E-state index contributed by atoms with van der Waals surface area (Å²) in [6, 6.07) is 8.62. The van der Waals surface area contributed by atoms with E-state index in [-0.39, 0.29) is 35.3 Å². The minimum absolute atomic E-state index is 0. The first-order chi connectivity index (χ1) is 8.70. The van der Waals surface area contributed by atoms with Gasteiger partial charge in [-0.15, -0.1) is 24.8 Å². The maximum absolute atomic E-state index is 11.6. The lowest BCUT2D eigenvalue weighted by molar-refractivity contribution is 1.23. The van der Waals surface area contributed by atoms with Gasteiger partial charge in [0.25, 0.3) is 11.1 Å². The van der Waals surface area contributed by atoms with Crippen LogP contribution in [-0.2, 0) is 0 Å². The maximum Gasteiger partial charge on any atom is 0.280 e. The number of nitrogens with zero attached hydrogens (tertiary/aromatic N) is 3. The summed E-state index contributed by atoms with van der Waals surface area (Å²) in [5, 5.41) is 9.30. The number of nitriles is 1. The van der Waals surface area contributed by atoms with Crippen LogP contribution in [0.15, 0.2) is 40.1 Å². The molecule has 5 nitrogen and oxygen atoms in total. The smallest absolute Gasteiger partial charge is 0.267 e. The van der Waals surface area contributed by atoms with Gasteiger partial charge in [-0.1, -0.05) is 12.1 Å². The molecule has 1 aromatic carbocycles. The van der Waals surface area contributed by atoms with Crippen molar-refractivity contribution in [1.29, 1.82) is 5.26 Å². The summed E-state index contributed by atoms with van der Waals surface area (Å²) < 4.78 is 0. The van der Waals surface area contributed by atoms with E-state index < -0.39 is 11.1 Å². The quantitative estimate of drug-likeness (QED) is 0.674. The minimum Gasteiger partial charge on any atom is -0.267 e. The lowest BCUT2D eigenvalue weighted by Gasteiger charge is -1.96. The van der Waals surface area contributed by atoms with E-state index in [0.717, 1.165) is 0 Å². The lowest BCUT2D eigenvalue weighted by atomic mass is 10.1. The van der Waals surface area contributed by atoms with Gasteiger partial charge in [-0.3, -0.25) is 9.59 Å². The van der Waals surface area contributed by atoms with E-state index in [0.29, 0.717) is 16.8 Å². The Morgan fingerprint density at radius 1 is 1.10 bits per heavy atom. The Hall–Kier alpha value is -2.29. The summed E-state index contributed by atoms with van der Waals surface area (Å²) in [6.45, 7) is 0. The third-order valence-corrected chi connectivity index (χ3v) is 2.74. The number of hydrogen-bond acceptors (Lipinski definition) is 5. The van der Waals surface area contributed by atoms with E-state index >= 15 is 0 Å². The van der Waals surface area contributed by atoms with Gasteiger partial charge in [0.1, 0.15) is 0 Å². The summed E-state index contributed by atoms with van der Waals surface area (Å²) in [6.07, 6.45) is 1.24. The van der Waals surface area contributed by atoms with Crippen LogP contribution in [-0.4, -0.2) is 9.97 Å². The molecule has 0 aromatic heterocycles. The van der Waals surface area contributed by atoms with Crippen LogP contribution in [0.25, 0.3) is 11.3 Å². The normalized spacial score (nSPS) is 9.55. The zero-order valence-corrected chi connectivity index (χ0v) is 11.5. The molecule has 0 saturated carbocycles. The van der Waals surface area contributed by atoms with Gasteiger partial charge in [-0.25, -0.2) is 9.97 Å². The molecule has 0 amide bonds. The van der Waals surface area contributed by atoms with E-state index in [9.17, 15) is 9.59 Å². The Bertz CT molecular complexity index is 937. The SMILES string of the molecule is Cl.Cl.N#Cc1cccc(-c2nc(=O)c3cnc(=O)c2=3)c1. The molecule has 0 fully saturated rings. The van der Waals surface area contributed by atoms with Gasteiger partial charge in [-0.05, 0) is 12.1 Å². The van der Waals surface area contributed by atoms with Gasteiger partial charge < -0.3 is 0 Å². The highest BCUT2D eigenvalue weighted by atomic mass is 35.5. The zero-order valence-electron chi connectivity index (χ0n) is 9.86. The molecule has 7 heteroatoms. The van der Waals surface area contributed by atoms with Crippen molar-refractivity contribution in [1.82, 2.24) is 9.97 Å². The summed E-state index contributed by atoms with van der Waals surface area (Å²) in [7, 11) is 0. The number of rotatable bonds is 1. The fourth-order valence-corrected chi connectivity index (χ4v) is 1.92. The zero-order chi connectivity index (χ0) is 12.7. The van der Waals surface area contributed by atoms with Crippen molar-refractivity contribution < 1.29 is 0 Å². The number of halogens is 2. The third kappa shape index (κ3) is 2.27. The summed E-state index contributed by atoms with van der Waals surface area (Å²) in [5.41, 5.74) is 0.401. The van der Waals surface area contributed by atoms with Gasteiger partial charge in [0.15, 0.2) is 0 Å². The molecular weight excluding hydrogens is 301 g/mol. The van der Waals surface area contributed by atoms with Crippen molar-refractivity contribution in [3.63, 3.8) is 0 Å². The Morgan fingerprint density at radius 2 is 1.85 bits per heavy atom. The van der Waals surface area contributed by atoms with Crippen molar-refractivity contribution >= 4 is 24.8 Å².